The number of carbonyl (C=O) groups is 1. The first-order valence-corrected chi connectivity index (χ1v) is 6.94. The molecule has 0 aliphatic heterocycles. The summed E-state index contributed by atoms with van der Waals surface area (Å²) in [7, 11) is 0. The number of hydrogen-bond acceptors (Lipinski definition) is 6. The molecule has 2 aromatic heterocycles. The lowest BCUT2D eigenvalue weighted by Crippen LogP contribution is -2.19. The van der Waals surface area contributed by atoms with E-state index < -0.39 is 10.8 Å². The van der Waals surface area contributed by atoms with Crippen LogP contribution in [-0.4, -0.2) is 32.0 Å². The third kappa shape index (κ3) is 3.09. The molecule has 9 nitrogen and oxygen atoms in total. The van der Waals surface area contributed by atoms with Gasteiger partial charge in [-0.3, -0.25) is 19.9 Å². The summed E-state index contributed by atoms with van der Waals surface area (Å²) in [6, 6.07) is 7.88. The number of hydrazone groups is 1. The molecule has 24 heavy (non-hydrogen) atoms. The SMILES string of the molecule is Cc1nc2cc(C(=O)N/N=C\c3ccccn3)c([N+](=O)[O-])cc2[nH]1. The van der Waals surface area contributed by atoms with Crippen LogP contribution in [0.1, 0.15) is 21.9 Å². The lowest BCUT2D eigenvalue weighted by Gasteiger charge is -2.02. The van der Waals surface area contributed by atoms with Crippen molar-refractivity contribution in [2.45, 2.75) is 6.92 Å². The van der Waals surface area contributed by atoms with Crippen molar-refractivity contribution in [3.63, 3.8) is 0 Å². The molecule has 0 saturated heterocycles. The Kier molecular flexibility index (Phi) is 3.98. The van der Waals surface area contributed by atoms with Crippen molar-refractivity contribution in [3.05, 3.63) is 63.7 Å². The first kappa shape index (κ1) is 15.3. The highest BCUT2D eigenvalue weighted by molar-refractivity contribution is 6.02. The molecule has 0 radical (unpaired) electrons. The molecule has 2 heterocycles. The van der Waals surface area contributed by atoms with Gasteiger partial charge in [0.05, 0.1) is 27.9 Å². The third-order valence-corrected chi connectivity index (χ3v) is 3.21. The van der Waals surface area contributed by atoms with E-state index in [2.05, 4.69) is 25.5 Å². The number of nitro groups is 1. The molecule has 1 amide bonds. The predicted molar refractivity (Wildman–Crippen MR) is 86.8 cm³/mol. The van der Waals surface area contributed by atoms with E-state index in [4.69, 9.17) is 0 Å². The highest BCUT2D eigenvalue weighted by Gasteiger charge is 2.22. The van der Waals surface area contributed by atoms with E-state index in [9.17, 15) is 14.9 Å². The lowest BCUT2D eigenvalue weighted by atomic mass is 10.1. The summed E-state index contributed by atoms with van der Waals surface area (Å²) in [5.41, 5.74) is 3.34. The summed E-state index contributed by atoms with van der Waals surface area (Å²) < 4.78 is 0. The second-order valence-electron chi connectivity index (χ2n) is 4.92. The Labute approximate surface area is 135 Å². The standard InChI is InChI=1S/C15H12N6O3/c1-9-18-12-6-11(14(21(23)24)7-13(12)19-9)15(22)20-17-8-10-4-2-3-5-16-10/h2-8H,1H3,(H,18,19)(H,20,22)/b17-8-. The van der Waals surface area contributed by atoms with Crippen LogP contribution in [0.2, 0.25) is 0 Å². The normalized spacial score (nSPS) is 11.0. The molecule has 0 atom stereocenters. The number of nitrogens with zero attached hydrogens (tertiary/aromatic N) is 4. The number of amides is 1. The van der Waals surface area contributed by atoms with E-state index in [0.29, 0.717) is 22.6 Å². The number of aryl methyl sites for hydroxylation is 1. The number of nitrogens with one attached hydrogen (secondary N) is 2. The first-order valence-electron chi connectivity index (χ1n) is 6.94. The summed E-state index contributed by atoms with van der Waals surface area (Å²) >= 11 is 0. The zero-order valence-electron chi connectivity index (χ0n) is 12.6. The van der Waals surface area contributed by atoms with Gasteiger partial charge in [0.1, 0.15) is 11.4 Å². The number of nitro benzene ring substituents is 1. The average Bonchev–Trinajstić information content (AvgIpc) is 2.93. The van der Waals surface area contributed by atoms with E-state index in [0.717, 1.165) is 0 Å². The number of fused-ring (bicyclic) bond motifs is 1. The smallest absolute Gasteiger partial charge is 0.284 e. The lowest BCUT2D eigenvalue weighted by molar-refractivity contribution is -0.385. The highest BCUT2D eigenvalue weighted by atomic mass is 16.6. The van der Waals surface area contributed by atoms with Gasteiger partial charge in [0, 0.05) is 12.3 Å². The molecular formula is C15H12N6O3. The van der Waals surface area contributed by atoms with Crippen LogP contribution >= 0.6 is 0 Å². The quantitative estimate of drug-likeness (QED) is 0.431. The highest BCUT2D eigenvalue weighted by Crippen LogP contribution is 2.24. The van der Waals surface area contributed by atoms with Crippen molar-refractivity contribution < 1.29 is 9.72 Å². The monoisotopic (exact) mass is 324 g/mol. The Balaban J connectivity index is 1.89. The van der Waals surface area contributed by atoms with Gasteiger partial charge >= 0.3 is 0 Å². The van der Waals surface area contributed by atoms with E-state index >= 15 is 0 Å². The number of carbonyl (C=O) groups excluding carboxylic acids is 1. The van der Waals surface area contributed by atoms with Crippen molar-refractivity contribution in [1.82, 2.24) is 20.4 Å². The Morgan fingerprint density at radius 1 is 1.42 bits per heavy atom. The predicted octanol–water partition coefficient (Wildman–Crippen LogP) is 1.94. The van der Waals surface area contributed by atoms with Crippen LogP contribution < -0.4 is 5.43 Å². The number of hydrogen-bond donors (Lipinski definition) is 2. The van der Waals surface area contributed by atoms with Crippen molar-refractivity contribution >= 4 is 28.8 Å². The zero-order chi connectivity index (χ0) is 17.1. The Hall–Kier alpha value is -3.62. The van der Waals surface area contributed by atoms with E-state index in [-0.39, 0.29) is 11.3 Å². The summed E-state index contributed by atoms with van der Waals surface area (Å²) in [5.74, 6) is -0.0959. The number of imidazole rings is 1. The van der Waals surface area contributed by atoms with Gasteiger partial charge in [0.2, 0.25) is 0 Å². The van der Waals surface area contributed by atoms with Gasteiger partial charge in [-0.05, 0) is 25.1 Å². The van der Waals surface area contributed by atoms with Crippen molar-refractivity contribution in [1.29, 1.82) is 0 Å². The van der Waals surface area contributed by atoms with Gasteiger partial charge in [0.25, 0.3) is 11.6 Å². The Morgan fingerprint density at radius 3 is 2.96 bits per heavy atom. The second kappa shape index (κ2) is 6.24. The van der Waals surface area contributed by atoms with E-state index in [1.807, 2.05) is 0 Å². The van der Waals surface area contributed by atoms with Crippen LogP contribution in [0.5, 0.6) is 0 Å². The fourth-order valence-corrected chi connectivity index (χ4v) is 2.18. The average molecular weight is 324 g/mol. The fourth-order valence-electron chi connectivity index (χ4n) is 2.18. The maximum atomic E-state index is 12.2. The summed E-state index contributed by atoms with van der Waals surface area (Å²) in [4.78, 5) is 33.9. The number of benzene rings is 1. The van der Waals surface area contributed by atoms with Crippen molar-refractivity contribution in [2.24, 2.45) is 5.10 Å². The molecule has 120 valence electrons. The first-order chi connectivity index (χ1) is 11.5. The van der Waals surface area contributed by atoms with Crippen molar-refractivity contribution in [2.75, 3.05) is 0 Å². The van der Waals surface area contributed by atoms with Crippen LogP contribution in [0, 0.1) is 17.0 Å². The molecule has 3 aromatic rings. The molecule has 1 aromatic carbocycles. The summed E-state index contributed by atoms with van der Waals surface area (Å²) in [6.07, 6.45) is 2.93. The molecule has 0 aliphatic carbocycles. The summed E-state index contributed by atoms with van der Waals surface area (Å²) in [5, 5.41) is 15.0. The molecule has 0 unspecified atom stereocenters. The van der Waals surface area contributed by atoms with E-state index in [1.165, 1.54) is 18.3 Å². The molecule has 0 fully saturated rings. The van der Waals surface area contributed by atoms with Gasteiger partial charge in [-0.2, -0.15) is 5.10 Å². The molecule has 9 heteroatoms. The van der Waals surface area contributed by atoms with Crippen LogP contribution in [-0.2, 0) is 0 Å². The number of aromatic nitrogens is 3. The summed E-state index contributed by atoms with van der Waals surface area (Å²) in [6.45, 7) is 1.72. The maximum Gasteiger partial charge on any atom is 0.284 e. The Morgan fingerprint density at radius 2 is 2.25 bits per heavy atom. The number of H-pyrrole nitrogens is 1. The van der Waals surface area contributed by atoms with Crippen molar-refractivity contribution in [3.8, 4) is 0 Å². The minimum atomic E-state index is -0.698. The van der Waals surface area contributed by atoms with Gasteiger partial charge in [-0.15, -0.1) is 0 Å². The van der Waals surface area contributed by atoms with Gasteiger partial charge in [-0.1, -0.05) is 6.07 Å². The zero-order valence-corrected chi connectivity index (χ0v) is 12.6. The minimum absolute atomic E-state index is 0.114. The minimum Gasteiger partial charge on any atom is -0.342 e. The maximum absolute atomic E-state index is 12.2. The molecule has 0 aliphatic rings. The van der Waals surface area contributed by atoms with E-state index in [1.54, 1.807) is 31.3 Å². The molecule has 3 rings (SSSR count). The molecule has 0 spiro atoms. The molecular weight excluding hydrogens is 312 g/mol. The molecule has 0 saturated carbocycles. The molecule has 2 N–H and O–H groups in total. The second-order valence-corrected chi connectivity index (χ2v) is 4.92. The number of aromatic amines is 1. The van der Waals surface area contributed by atoms with Crippen LogP contribution in [0.4, 0.5) is 5.69 Å². The number of pyridine rings is 1. The largest absolute Gasteiger partial charge is 0.342 e. The van der Waals surface area contributed by atoms with Gasteiger partial charge in [-0.25, -0.2) is 10.4 Å². The van der Waals surface area contributed by atoms with Gasteiger partial charge < -0.3 is 4.98 Å². The van der Waals surface area contributed by atoms with Crippen LogP contribution in [0.25, 0.3) is 11.0 Å². The van der Waals surface area contributed by atoms with Gasteiger partial charge in [0.15, 0.2) is 0 Å². The fraction of sp³-hybridized carbons (Fsp3) is 0.0667. The Bertz CT molecular complexity index is 949. The van der Waals surface area contributed by atoms with Crippen LogP contribution in [0.15, 0.2) is 41.6 Å². The molecule has 0 bridgehead atoms. The number of rotatable bonds is 4. The van der Waals surface area contributed by atoms with Crippen LogP contribution in [0.3, 0.4) is 0 Å². The third-order valence-electron chi connectivity index (χ3n) is 3.21. The topological polar surface area (TPSA) is 126 Å².